The molecule has 2 aromatic rings. The van der Waals surface area contributed by atoms with Crippen molar-refractivity contribution >= 4 is 5.78 Å². The molecule has 1 saturated heterocycles. The predicted octanol–water partition coefficient (Wildman–Crippen LogP) is 0.462. The van der Waals surface area contributed by atoms with Crippen molar-refractivity contribution in [3.63, 3.8) is 0 Å². The van der Waals surface area contributed by atoms with E-state index < -0.39 is 61.1 Å². The number of phenolic OH excluding ortho intramolecular Hbond substituents is 2. The molecule has 0 aromatic heterocycles. The van der Waals surface area contributed by atoms with Gasteiger partial charge in [0, 0.05) is 11.6 Å². The summed E-state index contributed by atoms with van der Waals surface area (Å²) < 4.78 is 17.3. The highest BCUT2D eigenvalue weighted by molar-refractivity contribution is 6.06. The van der Waals surface area contributed by atoms with Crippen LogP contribution < -0.4 is 9.47 Å². The number of hydrogen-bond acceptors (Lipinski definition) is 11. The molecule has 7 atom stereocenters. The van der Waals surface area contributed by atoms with Crippen molar-refractivity contribution in [1.29, 1.82) is 0 Å². The van der Waals surface area contributed by atoms with Crippen LogP contribution in [0.4, 0.5) is 0 Å². The molecule has 1 fully saturated rings. The van der Waals surface area contributed by atoms with Crippen LogP contribution in [0, 0.1) is 0 Å². The summed E-state index contributed by atoms with van der Waals surface area (Å²) in [5, 5.41) is 71.2. The van der Waals surface area contributed by atoms with E-state index in [4.69, 9.17) is 14.2 Å². The number of rotatable bonds is 6. The molecule has 4 rings (SSSR count). The van der Waals surface area contributed by atoms with Crippen molar-refractivity contribution in [3.05, 3.63) is 58.7 Å². The maximum atomic E-state index is 13.1. The Labute approximate surface area is 212 Å². The van der Waals surface area contributed by atoms with Crippen LogP contribution >= 0.6 is 0 Å². The van der Waals surface area contributed by atoms with Crippen LogP contribution in [-0.2, 0) is 11.2 Å². The molecule has 0 spiro atoms. The molecule has 7 N–H and O–H groups in total. The highest BCUT2D eigenvalue weighted by Gasteiger charge is 2.46. The molecule has 11 nitrogen and oxygen atoms in total. The minimum Gasteiger partial charge on any atom is -0.508 e. The lowest BCUT2D eigenvalue weighted by atomic mass is 9.90. The van der Waals surface area contributed by atoms with Crippen molar-refractivity contribution in [2.45, 2.75) is 63.2 Å². The van der Waals surface area contributed by atoms with E-state index in [1.54, 1.807) is 6.08 Å². The average Bonchev–Trinajstić information content (AvgIpc) is 2.86. The SMILES string of the molecule is CC(C)=CCc1c(O[C@@H]2O[C@H](CO)[C@@H](O)[C@H](O)[C@H]2O)cc(O)c2c1O[C@@H](c1ccc(O)cc1)[C@H](O)C2=O. The molecule has 200 valence electrons. The monoisotopic (exact) mass is 518 g/mol. The smallest absolute Gasteiger partial charge is 0.229 e. The number of aliphatic hydroxyl groups excluding tert-OH is 5. The largest absolute Gasteiger partial charge is 0.508 e. The number of allylic oxidation sites excluding steroid dienone is 2. The van der Waals surface area contributed by atoms with Crippen LogP contribution in [0.3, 0.4) is 0 Å². The second kappa shape index (κ2) is 10.7. The summed E-state index contributed by atoms with van der Waals surface area (Å²) in [6.07, 6.45) is -8.58. The minimum atomic E-state index is -1.71. The molecule has 0 amide bonds. The lowest BCUT2D eigenvalue weighted by molar-refractivity contribution is -0.277. The maximum absolute atomic E-state index is 13.1. The van der Waals surface area contributed by atoms with Gasteiger partial charge in [-0.25, -0.2) is 0 Å². The number of carbonyl (C=O) groups is 1. The van der Waals surface area contributed by atoms with Gasteiger partial charge in [0.25, 0.3) is 0 Å². The van der Waals surface area contributed by atoms with Crippen molar-refractivity contribution in [2.24, 2.45) is 0 Å². The summed E-state index contributed by atoms with van der Waals surface area (Å²) in [7, 11) is 0. The van der Waals surface area contributed by atoms with Gasteiger partial charge in [0.2, 0.25) is 12.1 Å². The van der Waals surface area contributed by atoms with Crippen molar-refractivity contribution in [3.8, 4) is 23.0 Å². The highest BCUT2D eigenvalue weighted by atomic mass is 16.7. The summed E-state index contributed by atoms with van der Waals surface area (Å²) >= 11 is 0. The van der Waals surface area contributed by atoms with Gasteiger partial charge in [-0.1, -0.05) is 23.8 Å². The molecule has 0 unspecified atom stereocenters. The lowest BCUT2D eigenvalue weighted by Crippen LogP contribution is -2.60. The third-order valence-electron chi connectivity index (χ3n) is 6.40. The second-order valence-electron chi connectivity index (χ2n) is 9.32. The Kier molecular flexibility index (Phi) is 7.74. The molecular formula is C26H30O11. The Morgan fingerprint density at radius 3 is 2.32 bits per heavy atom. The standard InChI is InChI=1S/C26H30O11/c1-11(2)3-8-14-16(35-26-23(34)21(32)19(30)17(10-27)36-26)9-15(29)18-20(31)22(33)24(37-25(14)18)12-4-6-13(28)7-5-12/h3-7,9,17,19,21-24,26-30,32-34H,8,10H2,1-2H3/t17-,19-,21+,22-,23-,24+,26-/m1/s1. The van der Waals surface area contributed by atoms with Gasteiger partial charge in [0.05, 0.1) is 6.61 Å². The van der Waals surface area contributed by atoms with E-state index >= 15 is 0 Å². The van der Waals surface area contributed by atoms with Gasteiger partial charge >= 0.3 is 0 Å². The first kappa shape index (κ1) is 26.9. The van der Waals surface area contributed by atoms with Crippen molar-refractivity contribution < 1.29 is 54.8 Å². The molecule has 2 aliphatic heterocycles. The summed E-state index contributed by atoms with van der Waals surface area (Å²) in [6, 6.07) is 6.86. The zero-order valence-corrected chi connectivity index (χ0v) is 20.2. The van der Waals surface area contributed by atoms with Gasteiger partial charge in [0.15, 0.2) is 12.2 Å². The van der Waals surface area contributed by atoms with Gasteiger partial charge in [-0.15, -0.1) is 0 Å². The molecule has 0 saturated carbocycles. The van der Waals surface area contributed by atoms with Crippen LogP contribution in [0.5, 0.6) is 23.0 Å². The van der Waals surface area contributed by atoms with E-state index in [1.165, 1.54) is 24.3 Å². The number of aromatic hydroxyl groups is 2. The third-order valence-corrected chi connectivity index (χ3v) is 6.40. The van der Waals surface area contributed by atoms with Crippen LogP contribution in [0.1, 0.15) is 41.4 Å². The first-order valence-corrected chi connectivity index (χ1v) is 11.7. The molecule has 37 heavy (non-hydrogen) atoms. The first-order valence-electron chi connectivity index (χ1n) is 11.7. The van der Waals surface area contributed by atoms with Crippen molar-refractivity contribution in [2.75, 3.05) is 6.61 Å². The molecule has 2 heterocycles. The van der Waals surface area contributed by atoms with E-state index in [2.05, 4.69) is 0 Å². The number of benzene rings is 2. The van der Waals surface area contributed by atoms with Gasteiger partial charge in [-0.2, -0.15) is 0 Å². The minimum absolute atomic E-state index is 0.0158. The Balaban J connectivity index is 1.79. The number of phenols is 2. The molecule has 2 aromatic carbocycles. The average molecular weight is 519 g/mol. The second-order valence-corrected chi connectivity index (χ2v) is 9.32. The number of aliphatic hydroxyl groups is 5. The van der Waals surface area contributed by atoms with Gasteiger partial charge in [0.1, 0.15) is 53.0 Å². The quantitative estimate of drug-likeness (QED) is 0.263. The summed E-state index contributed by atoms with van der Waals surface area (Å²) in [5.74, 6) is -1.45. The van der Waals surface area contributed by atoms with E-state index in [0.717, 1.165) is 11.6 Å². The van der Waals surface area contributed by atoms with Gasteiger partial charge in [-0.3, -0.25) is 4.79 Å². The first-order chi connectivity index (χ1) is 17.5. The highest BCUT2D eigenvalue weighted by Crippen LogP contribution is 2.46. The van der Waals surface area contributed by atoms with Crippen LogP contribution in [0.25, 0.3) is 0 Å². The zero-order valence-electron chi connectivity index (χ0n) is 20.2. The molecule has 0 bridgehead atoms. The lowest BCUT2D eigenvalue weighted by Gasteiger charge is -2.40. The predicted molar refractivity (Wildman–Crippen MR) is 127 cm³/mol. The number of Topliss-reactive ketones (excluding diaryl/α,β-unsaturated/α-hetero) is 1. The third kappa shape index (κ3) is 5.14. The van der Waals surface area contributed by atoms with E-state index in [0.29, 0.717) is 5.56 Å². The molecule has 2 aliphatic rings. The van der Waals surface area contributed by atoms with E-state index in [1.807, 2.05) is 13.8 Å². The molecule has 0 aliphatic carbocycles. The Morgan fingerprint density at radius 2 is 1.70 bits per heavy atom. The Hall–Kier alpha value is -3.19. The number of hydrogen-bond donors (Lipinski definition) is 7. The van der Waals surface area contributed by atoms with Gasteiger partial charge < -0.3 is 50.0 Å². The zero-order chi connectivity index (χ0) is 27.0. The maximum Gasteiger partial charge on any atom is 0.229 e. The van der Waals surface area contributed by atoms with Gasteiger partial charge in [-0.05, 0) is 38.0 Å². The Morgan fingerprint density at radius 1 is 1.03 bits per heavy atom. The Bertz CT molecular complexity index is 1170. The van der Waals surface area contributed by atoms with Crippen LogP contribution in [0.2, 0.25) is 0 Å². The van der Waals surface area contributed by atoms with E-state index in [9.17, 15) is 40.5 Å². The number of fused-ring (bicyclic) bond motifs is 1. The number of ketones is 1. The topological polar surface area (TPSA) is 186 Å². The summed E-state index contributed by atoms with van der Waals surface area (Å²) in [5.41, 5.74) is 1.35. The summed E-state index contributed by atoms with van der Waals surface area (Å²) in [4.78, 5) is 13.1. The van der Waals surface area contributed by atoms with Crippen LogP contribution in [0.15, 0.2) is 42.0 Å². The fourth-order valence-corrected chi connectivity index (χ4v) is 4.32. The molecular weight excluding hydrogens is 488 g/mol. The number of ether oxygens (including phenoxy) is 3. The normalized spacial score (nSPS) is 29.3. The fourth-order valence-electron chi connectivity index (χ4n) is 4.32. The van der Waals surface area contributed by atoms with E-state index in [-0.39, 0.29) is 34.8 Å². The molecule has 0 radical (unpaired) electrons. The van der Waals surface area contributed by atoms with Crippen molar-refractivity contribution in [1.82, 2.24) is 0 Å². The number of carbonyl (C=O) groups excluding carboxylic acids is 1. The summed E-state index contributed by atoms with van der Waals surface area (Å²) in [6.45, 7) is 3.04. The fraction of sp³-hybridized carbons (Fsp3) is 0.423. The molecule has 11 heteroatoms. The van der Waals surface area contributed by atoms with Crippen LogP contribution in [-0.4, -0.2) is 84.9 Å².